The van der Waals surface area contributed by atoms with Gasteiger partial charge in [0.1, 0.15) is 11.8 Å². The third-order valence-corrected chi connectivity index (χ3v) is 6.07. The Morgan fingerprint density at radius 1 is 1.29 bits per heavy atom. The molecule has 0 bridgehead atoms. The minimum atomic E-state index is -0.748. The summed E-state index contributed by atoms with van der Waals surface area (Å²) in [4.78, 5) is 60.5. The second-order valence-electron chi connectivity index (χ2n) is 6.95. The lowest BCUT2D eigenvalue weighted by molar-refractivity contribution is -0.384. The number of imide groups is 1. The van der Waals surface area contributed by atoms with Crippen LogP contribution in [0.4, 0.5) is 10.5 Å². The highest BCUT2D eigenvalue weighted by Gasteiger charge is 2.40. The molecular formula is C19H16N4O7S. The number of benzene rings is 1. The number of rotatable bonds is 5. The van der Waals surface area contributed by atoms with E-state index in [0.29, 0.717) is 5.56 Å². The fraction of sp³-hybridized carbons (Fsp3) is 0.263. The van der Waals surface area contributed by atoms with Gasteiger partial charge >= 0.3 is 6.09 Å². The van der Waals surface area contributed by atoms with Crippen molar-refractivity contribution >= 4 is 40.8 Å². The maximum atomic E-state index is 12.7. The highest BCUT2D eigenvalue weighted by atomic mass is 32.1. The van der Waals surface area contributed by atoms with Gasteiger partial charge in [-0.1, -0.05) is 0 Å². The first kappa shape index (κ1) is 20.5. The van der Waals surface area contributed by atoms with Crippen molar-refractivity contribution in [3.63, 3.8) is 0 Å². The van der Waals surface area contributed by atoms with Gasteiger partial charge in [-0.25, -0.2) is 4.79 Å². The Balaban J connectivity index is 1.37. The molecule has 11 nitrogen and oxygen atoms in total. The first-order valence-corrected chi connectivity index (χ1v) is 10.2. The molecule has 160 valence electrons. The summed E-state index contributed by atoms with van der Waals surface area (Å²) >= 11 is 1.31. The van der Waals surface area contributed by atoms with Gasteiger partial charge < -0.3 is 15.0 Å². The normalized spacial score (nSPS) is 17.9. The van der Waals surface area contributed by atoms with Crippen LogP contribution in [-0.2, 0) is 22.7 Å². The highest BCUT2D eigenvalue weighted by Crippen LogP contribution is 2.33. The lowest BCUT2D eigenvalue weighted by atomic mass is 10.0. The van der Waals surface area contributed by atoms with E-state index in [-0.39, 0.29) is 49.2 Å². The second-order valence-corrected chi connectivity index (χ2v) is 7.91. The second kappa shape index (κ2) is 8.14. The number of fused-ring (bicyclic) bond motifs is 1. The smallest absolute Gasteiger partial charge is 0.410 e. The summed E-state index contributed by atoms with van der Waals surface area (Å²) in [5, 5.41) is 17.2. The Hall–Kier alpha value is -3.80. The standard InChI is InChI=1S/C19H16N4O7S/c24-16-6-5-14(17(25)21-16)22-8-12-13(18(22)26)9-31-15(12)7-20-19(27)30-11-3-1-10(2-4-11)23(28)29/h1-4,9,14H,5-8H2,(H,20,27)(H,21,24,25). The number of non-ortho nitro benzene ring substituents is 1. The number of nitro groups is 1. The Labute approximate surface area is 179 Å². The maximum Gasteiger partial charge on any atom is 0.412 e. The van der Waals surface area contributed by atoms with Crippen molar-refractivity contribution in [2.24, 2.45) is 0 Å². The van der Waals surface area contributed by atoms with Gasteiger partial charge in [-0.3, -0.25) is 29.8 Å². The van der Waals surface area contributed by atoms with Crippen molar-refractivity contribution in [2.75, 3.05) is 0 Å². The molecule has 4 amide bonds. The van der Waals surface area contributed by atoms with Gasteiger partial charge in [0, 0.05) is 35.4 Å². The van der Waals surface area contributed by atoms with Crippen LogP contribution >= 0.6 is 11.3 Å². The van der Waals surface area contributed by atoms with Crippen molar-refractivity contribution in [3.8, 4) is 5.75 Å². The van der Waals surface area contributed by atoms with E-state index >= 15 is 0 Å². The molecule has 2 aromatic rings. The molecule has 31 heavy (non-hydrogen) atoms. The molecule has 1 unspecified atom stereocenters. The van der Waals surface area contributed by atoms with Gasteiger partial charge in [-0.2, -0.15) is 0 Å². The summed E-state index contributed by atoms with van der Waals surface area (Å²) in [5.74, 6) is -0.956. The molecule has 1 atom stereocenters. The highest BCUT2D eigenvalue weighted by molar-refractivity contribution is 7.10. The minimum absolute atomic E-state index is 0.113. The molecular weight excluding hydrogens is 428 g/mol. The number of carbonyl (C=O) groups is 4. The van der Waals surface area contributed by atoms with Gasteiger partial charge in [0.05, 0.1) is 17.0 Å². The molecule has 1 saturated heterocycles. The number of nitro benzene ring substituents is 1. The quantitative estimate of drug-likeness (QED) is 0.405. The molecule has 2 aliphatic rings. The number of ether oxygens (including phenoxy) is 1. The van der Waals surface area contributed by atoms with Crippen molar-refractivity contribution in [2.45, 2.75) is 32.0 Å². The van der Waals surface area contributed by atoms with Crippen molar-refractivity contribution in [3.05, 3.63) is 55.8 Å². The fourth-order valence-corrected chi connectivity index (χ4v) is 4.46. The molecule has 1 aromatic heterocycles. The average molecular weight is 444 g/mol. The van der Waals surface area contributed by atoms with Crippen LogP contribution in [0.25, 0.3) is 0 Å². The number of hydrogen-bond acceptors (Lipinski definition) is 8. The molecule has 0 saturated carbocycles. The third-order valence-electron chi connectivity index (χ3n) is 5.04. The van der Waals surface area contributed by atoms with Crippen LogP contribution in [0, 0.1) is 10.1 Å². The third kappa shape index (κ3) is 4.10. The number of thiophene rings is 1. The van der Waals surface area contributed by atoms with Crippen LogP contribution in [-0.4, -0.2) is 39.7 Å². The van der Waals surface area contributed by atoms with E-state index in [0.717, 1.165) is 10.4 Å². The van der Waals surface area contributed by atoms with Gasteiger partial charge in [-0.05, 0) is 24.1 Å². The molecule has 0 aliphatic carbocycles. The van der Waals surface area contributed by atoms with E-state index < -0.39 is 23.0 Å². The van der Waals surface area contributed by atoms with E-state index in [1.165, 1.54) is 40.5 Å². The summed E-state index contributed by atoms with van der Waals surface area (Å²) in [5.41, 5.74) is 1.10. The largest absolute Gasteiger partial charge is 0.412 e. The number of amides is 4. The summed E-state index contributed by atoms with van der Waals surface area (Å²) in [6.45, 7) is 0.334. The Bertz CT molecular complexity index is 1100. The van der Waals surface area contributed by atoms with E-state index in [1.807, 2.05) is 0 Å². The zero-order chi connectivity index (χ0) is 22.1. The lowest BCUT2D eigenvalue weighted by Gasteiger charge is -2.29. The van der Waals surface area contributed by atoms with E-state index in [4.69, 9.17) is 4.74 Å². The fourth-order valence-electron chi connectivity index (χ4n) is 3.48. The minimum Gasteiger partial charge on any atom is -0.410 e. The molecule has 2 N–H and O–H groups in total. The van der Waals surface area contributed by atoms with E-state index in [2.05, 4.69) is 10.6 Å². The first-order chi connectivity index (χ1) is 14.8. The van der Waals surface area contributed by atoms with Crippen molar-refractivity contribution in [1.29, 1.82) is 0 Å². The number of hydrogen-bond donors (Lipinski definition) is 2. The van der Waals surface area contributed by atoms with Crippen LogP contribution in [0.5, 0.6) is 5.75 Å². The molecule has 3 heterocycles. The van der Waals surface area contributed by atoms with Crippen LogP contribution in [0.15, 0.2) is 29.6 Å². The van der Waals surface area contributed by atoms with Crippen LogP contribution < -0.4 is 15.4 Å². The lowest BCUT2D eigenvalue weighted by Crippen LogP contribution is -2.52. The zero-order valence-electron chi connectivity index (χ0n) is 16.0. The summed E-state index contributed by atoms with van der Waals surface area (Å²) in [6, 6.07) is 4.39. The van der Waals surface area contributed by atoms with Gasteiger partial charge in [-0.15, -0.1) is 11.3 Å². The number of nitrogens with zero attached hydrogens (tertiary/aromatic N) is 2. The summed E-state index contributed by atoms with van der Waals surface area (Å²) in [6.07, 6.45) is -0.294. The molecule has 0 radical (unpaired) electrons. The number of carbonyl (C=O) groups excluding carboxylic acids is 4. The van der Waals surface area contributed by atoms with Crippen molar-refractivity contribution in [1.82, 2.24) is 15.5 Å². The first-order valence-electron chi connectivity index (χ1n) is 9.27. The van der Waals surface area contributed by atoms with Gasteiger partial charge in [0.25, 0.3) is 11.6 Å². The van der Waals surface area contributed by atoms with E-state index in [9.17, 15) is 29.3 Å². The average Bonchev–Trinajstić information content (AvgIpc) is 3.27. The molecule has 4 rings (SSSR count). The van der Waals surface area contributed by atoms with Crippen LogP contribution in [0.1, 0.15) is 33.6 Å². The molecule has 0 spiro atoms. The number of piperidine rings is 1. The monoisotopic (exact) mass is 444 g/mol. The summed E-state index contributed by atoms with van der Waals surface area (Å²) in [7, 11) is 0. The molecule has 1 fully saturated rings. The molecule has 1 aromatic carbocycles. The van der Waals surface area contributed by atoms with Gasteiger partial charge in [0.15, 0.2) is 0 Å². The van der Waals surface area contributed by atoms with Gasteiger partial charge in [0.2, 0.25) is 11.8 Å². The van der Waals surface area contributed by atoms with Crippen LogP contribution in [0.2, 0.25) is 0 Å². The number of nitrogens with one attached hydrogen (secondary N) is 2. The van der Waals surface area contributed by atoms with Crippen molar-refractivity contribution < 1.29 is 28.8 Å². The predicted molar refractivity (Wildman–Crippen MR) is 106 cm³/mol. The predicted octanol–water partition coefficient (Wildman–Crippen LogP) is 1.71. The topological polar surface area (TPSA) is 148 Å². The SMILES string of the molecule is O=C1CCC(N2Cc3c(csc3CNC(=O)Oc3ccc([N+](=O)[O-])cc3)C2=O)C(=O)N1. The Kier molecular flexibility index (Phi) is 5.38. The van der Waals surface area contributed by atoms with Crippen LogP contribution in [0.3, 0.4) is 0 Å². The van der Waals surface area contributed by atoms with E-state index in [1.54, 1.807) is 5.38 Å². The molecule has 12 heteroatoms. The molecule has 2 aliphatic heterocycles. The Morgan fingerprint density at radius 3 is 2.71 bits per heavy atom. The zero-order valence-corrected chi connectivity index (χ0v) is 16.8. The maximum absolute atomic E-state index is 12.7. The Morgan fingerprint density at radius 2 is 2.03 bits per heavy atom. The summed E-state index contributed by atoms with van der Waals surface area (Å²) < 4.78 is 5.10.